The third-order valence-electron chi connectivity index (χ3n) is 3.05. The number of halogens is 1. The van der Waals surface area contributed by atoms with Gasteiger partial charge in [-0.15, -0.1) is 0 Å². The van der Waals surface area contributed by atoms with Crippen LogP contribution in [0, 0.1) is 17.1 Å². The summed E-state index contributed by atoms with van der Waals surface area (Å²) in [6.45, 7) is 3.59. The van der Waals surface area contributed by atoms with Gasteiger partial charge >= 0.3 is 0 Å². The average Bonchev–Trinajstić information content (AvgIpc) is 2.52. The maximum absolute atomic E-state index is 13.9. The standard InChI is InChI=1S/C17H17FN2O/c1-2-20-11-15-7-4-8-16(18)17(15)21-12-14-6-3-5-13(9-14)10-19/h3-9,20H,2,11-12H2,1H3. The zero-order chi connectivity index (χ0) is 15.1. The number of benzene rings is 2. The van der Waals surface area contributed by atoms with Gasteiger partial charge in [0.15, 0.2) is 11.6 Å². The summed E-state index contributed by atoms with van der Waals surface area (Å²) in [5.41, 5.74) is 2.19. The highest BCUT2D eigenvalue weighted by molar-refractivity contribution is 5.36. The van der Waals surface area contributed by atoms with E-state index in [0.717, 1.165) is 17.7 Å². The Labute approximate surface area is 124 Å². The molecule has 2 rings (SSSR count). The third-order valence-corrected chi connectivity index (χ3v) is 3.05. The molecular weight excluding hydrogens is 267 g/mol. The van der Waals surface area contributed by atoms with Crippen molar-refractivity contribution in [2.45, 2.75) is 20.1 Å². The summed E-state index contributed by atoms with van der Waals surface area (Å²) in [5, 5.41) is 12.0. The van der Waals surface area contributed by atoms with E-state index in [1.807, 2.05) is 19.1 Å². The lowest BCUT2D eigenvalue weighted by Gasteiger charge is -2.13. The van der Waals surface area contributed by atoms with Gasteiger partial charge < -0.3 is 10.1 Å². The first kappa shape index (κ1) is 15.0. The van der Waals surface area contributed by atoms with Crippen molar-refractivity contribution >= 4 is 0 Å². The molecule has 0 saturated carbocycles. The molecule has 0 bridgehead atoms. The highest BCUT2D eigenvalue weighted by atomic mass is 19.1. The van der Waals surface area contributed by atoms with Crippen LogP contribution in [0.1, 0.15) is 23.6 Å². The van der Waals surface area contributed by atoms with Crippen LogP contribution in [0.2, 0.25) is 0 Å². The van der Waals surface area contributed by atoms with Crippen LogP contribution in [0.4, 0.5) is 4.39 Å². The van der Waals surface area contributed by atoms with Crippen LogP contribution in [0.3, 0.4) is 0 Å². The van der Waals surface area contributed by atoms with Gasteiger partial charge in [-0.1, -0.05) is 31.2 Å². The molecule has 1 N–H and O–H groups in total. The van der Waals surface area contributed by atoms with Gasteiger partial charge in [-0.25, -0.2) is 4.39 Å². The second-order valence-electron chi connectivity index (χ2n) is 4.61. The van der Waals surface area contributed by atoms with Gasteiger partial charge in [-0.3, -0.25) is 0 Å². The van der Waals surface area contributed by atoms with Crippen molar-refractivity contribution in [1.82, 2.24) is 5.32 Å². The average molecular weight is 284 g/mol. The largest absolute Gasteiger partial charge is 0.485 e. The van der Waals surface area contributed by atoms with Crippen LogP contribution in [0.15, 0.2) is 42.5 Å². The van der Waals surface area contributed by atoms with Crippen LogP contribution < -0.4 is 10.1 Å². The zero-order valence-electron chi connectivity index (χ0n) is 11.9. The van der Waals surface area contributed by atoms with Gasteiger partial charge in [0, 0.05) is 12.1 Å². The topological polar surface area (TPSA) is 45.0 Å². The predicted molar refractivity (Wildman–Crippen MR) is 79.3 cm³/mol. The first-order chi connectivity index (χ1) is 10.2. The van der Waals surface area contributed by atoms with Gasteiger partial charge in [-0.2, -0.15) is 5.26 Å². The van der Waals surface area contributed by atoms with Crippen molar-refractivity contribution in [3.8, 4) is 11.8 Å². The number of hydrogen-bond acceptors (Lipinski definition) is 3. The van der Waals surface area contributed by atoms with E-state index in [9.17, 15) is 4.39 Å². The van der Waals surface area contributed by atoms with E-state index in [4.69, 9.17) is 10.00 Å². The molecule has 0 aromatic heterocycles. The maximum atomic E-state index is 13.9. The summed E-state index contributed by atoms with van der Waals surface area (Å²) >= 11 is 0. The summed E-state index contributed by atoms with van der Waals surface area (Å²) < 4.78 is 19.5. The van der Waals surface area contributed by atoms with Crippen molar-refractivity contribution < 1.29 is 9.13 Å². The van der Waals surface area contributed by atoms with E-state index in [0.29, 0.717) is 12.1 Å². The van der Waals surface area contributed by atoms with Crippen molar-refractivity contribution in [2.75, 3.05) is 6.54 Å². The first-order valence-corrected chi connectivity index (χ1v) is 6.84. The lowest BCUT2D eigenvalue weighted by Crippen LogP contribution is -2.13. The molecule has 4 heteroatoms. The molecule has 0 atom stereocenters. The Bertz CT molecular complexity index is 649. The molecule has 0 aliphatic rings. The molecule has 108 valence electrons. The Morgan fingerprint density at radius 1 is 1.24 bits per heavy atom. The minimum absolute atomic E-state index is 0.232. The van der Waals surface area contributed by atoms with Crippen molar-refractivity contribution in [3.63, 3.8) is 0 Å². The summed E-state index contributed by atoms with van der Waals surface area (Å²) in [6.07, 6.45) is 0. The van der Waals surface area contributed by atoms with E-state index in [-0.39, 0.29) is 18.2 Å². The molecule has 0 fully saturated rings. The molecule has 21 heavy (non-hydrogen) atoms. The molecule has 0 aliphatic heterocycles. The minimum atomic E-state index is -0.373. The molecule has 2 aromatic carbocycles. The molecule has 0 unspecified atom stereocenters. The maximum Gasteiger partial charge on any atom is 0.165 e. The van der Waals surface area contributed by atoms with Crippen LogP contribution in [0.25, 0.3) is 0 Å². The normalized spacial score (nSPS) is 10.1. The fourth-order valence-electron chi connectivity index (χ4n) is 2.00. The van der Waals surface area contributed by atoms with E-state index >= 15 is 0 Å². The Kier molecular flexibility index (Phi) is 5.30. The number of nitriles is 1. The highest BCUT2D eigenvalue weighted by Crippen LogP contribution is 2.23. The summed E-state index contributed by atoms with van der Waals surface area (Å²) in [4.78, 5) is 0. The summed E-state index contributed by atoms with van der Waals surface area (Å²) in [7, 11) is 0. The van der Waals surface area contributed by atoms with Gasteiger partial charge in [-0.05, 0) is 30.3 Å². The second kappa shape index (κ2) is 7.41. The summed E-state index contributed by atoms with van der Waals surface area (Å²) in [5.74, 6) is -0.109. The first-order valence-electron chi connectivity index (χ1n) is 6.84. The Hall–Kier alpha value is -2.38. The molecule has 3 nitrogen and oxygen atoms in total. The fourth-order valence-corrected chi connectivity index (χ4v) is 2.00. The molecule has 0 radical (unpaired) electrons. The van der Waals surface area contributed by atoms with Gasteiger partial charge in [0.2, 0.25) is 0 Å². The molecule has 0 heterocycles. The third kappa shape index (κ3) is 4.04. The SMILES string of the molecule is CCNCc1cccc(F)c1OCc1cccc(C#N)c1. The summed E-state index contributed by atoms with van der Waals surface area (Å²) in [6, 6.07) is 14.1. The quantitative estimate of drug-likeness (QED) is 0.884. The van der Waals surface area contributed by atoms with Gasteiger partial charge in [0.05, 0.1) is 11.6 Å². The monoisotopic (exact) mass is 284 g/mol. The van der Waals surface area contributed by atoms with E-state index in [1.165, 1.54) is 6.07 Å². The van der Waals surface area contributed by atoms with E-state index in [1.54, 1.807) is 24.3 Å². The van der Waals surface area contributed by atoms with Crippen LogP contribution >= 0.6 is 0 Å². The van der Waals surface area contributed by atoms with Crippen LogP contribution in [-0.4, -0.2) is 6.54 Å². The number of para-hydroxylation sites is 1. The van der Waals surface area contributed by atoms with Crippen molar-refractivity contribution in [3.05, 3.63) is 65.0 Å². The number of ether oxygens (including phenoxy) is 1. The molecular formula is C17H17FN2O. The molecule has 0 aliphatic carbocycles. The van der Waals surface area contributed by atoms with Gasteiger partial charge in [0.25, 0.3) is 0 Å². The lowest BCUT2D eigenvalue weighted by atomic mass is 10.1. The molecule has 2 aromatic rings. The van der Waals surface area contributed by atoms with Crippen LogP contribution in [0.5, 0.6) is 5.75 Å². The zero-order valence-corrected chi connectivity index (χ0v) is 11.9. The van der Waals surface area contributed by atoms with E-state index in [2.05, 4.69) is 11.4 Å². The highest BCUT2D eigenvalue weighted by Gasteiger charge is 2.09. The Balaban J connectivity index is 2.13. The number of hydrogen-bond donors (Lipinski definition) is 1. The van der Waals surface area contributed by atoms with E-state index < -0.39 is 0 Å². The predicted octanol–water partition coefficient (Wildman–Crippen LogP) is 3.39. The molecule has 0 spiro atoms. The lowest BCUT2D eigenvalue weighted by molar-refractivity contribution is 0.286. The molecule has 0 saturated heterocycles. The Morgan fingerprint density at radius 2 is 2.05 bits per heavy atom. The molecule has 0 amide bonds. The second-order valence-corrected chi connectivity index (χ2v) is 4.61. The number of rotatable bonds is 6. The minimum Gasteiger partial charge on any atom is -0.485 e. The fraction of sp³-hybridized carbons (Fsp3) is 0.235. The Morgan fingerprint density at radius 3 is 2.81 bits per heavy atom. The smallest absolute Gasteiger partial charge is 0.165 e. The number of nitrogens with zero attached hydrogens (tertiary/aromatic N) is 1. The van der Waals surface area contributed by atoms with Crippen molar-refractivity contribution in [1.29, 1.82) is 5.26 Å². The van der Waals surface area contributed by atoms with Crippen molar-refractivity contribution in [2.24, 2.45) is 0 Å². The van der Waals surface area contributed by atoms with Crippen LogP contribution in [-0.2, 0) is 13.2 Å². The number of nitrogens with one attached hydrogen (secondary N) is 1. The van der Waals surface area contributed by atoms with Gasteiger partial charge in [0.1, 0.15) is 6.61 Å².